The first kappa shape index (κ1) is 18.3. The molecule has 1 amide bonds. The molecule has 6 heteroatoms. The number of hydrogen-bond donors (Lipinski definition) is 1. The minimum absolute atomic E-state index is 0.0119. The molecule has 1 N–H and O–H groups in total. The average Bonchev–Trinajstić information content (AvgIpc) is 2.65. The van der Waals surface area contributed by atoms with E-state index in [9.17, 15) is 18.4 Å². The third kappa shape index (κ3) is 4.00. The first-order valence-electron chi connectivity index (χ1n) is 8.06. The quantitative estimate of drug-likeness (QED) is 0.664. The van der Waals surface area contributed by atoms with Gasteiger partial charge >= 0.3 is 0 Å². The minimum atomic E-state index is -0.909. The van der Waals surface area contributed by atoms with E-state index in [0.29, 0.717) is 11.1 Å². The number of carbonyl (C=O) groups excluding carboxylic acids is 2. The highest BCUT2D eigenvalue weighted by atomic mass is 19.1. The molecule has 0 aliphatic carbocycles. The molecule has 0 unspecified atom stereocenters. The number of benzene rings is 3. The van der Waals surface area contributed by atoms with Gasteiger partial charge in [0.2, 0.25) is 0 Å². The zero-order chi connectivity index (χ0) is 19.4. The molecule has 0 aromatic heterocycles. The van der Waals surface area contributed by atoms with Crippen molar-refractivity contribution in [3.05, 3.63) is 83.4 Å². The van der Waals surface area contributed by atoms with Crippen molar-refractivity contribution in [2.24, 2.45) is 0 Å². The molecule has 0 fully saturated rings. The van der Waals surface area contributed by atoms with Crippen molar-refractivity contribution in [2.75, 3.05) is 5.32 Å². The second-order valence-corrected chi connectivity index (χ2v) is 5.85. The summed E-state index contributed by atoms with van der Waals surface area (Å²) in [5, 5.41) is 2.20. The van der Waals surface area contributed by atoms with Crippen LogP contribution in [0, 0.1) is 18.6 Å². The Kier molecular flexibility index (Phi) is 5.26. The second-order valence-electron chi connectivity index (χ2n) is 5.85. The summed E-state index contributed by atoms with van der Waals surface area (Å²) in [7, 11) is 0. The number of nitrogens with one attached hydrogen (secondary N) is 1. The van der Waals surface area contributed by atoms with Crippen LogP contribution in [-0.2, 0) is 4.79 Å². The highest BCUT2D eigenvalue weighted by molar-refractivity contribution is 6.06. The molecule has 136 valence electrons. The summed E-state index contributed by atoms with van der Waals surface area (Å²) in [5.41, 5.74) is 1.38. The average molecular weight is 367 g/mol. The summed E-state index contributed by atoms with van der Waals surface area (Å²) in [5.74, 6) is -2.63. The zero-order valence-corrected chi connectivity index (χ0v) is 14.3. The van der Waals surface area contributed by atoms with Crippen molar-refractivity contribution in [3.63, 3.8) is 0 Å². The summed E-state index contributed by atoms with van der Waals surface area (Å²) in [4.78, 5) is 22.9. The summed E-state index contributed by atoms with van der Waals surface area (Å²) in [6, 6.07) is 15.4. The molecule has 4 nitrogen and oxygen atoms in total. The van der Waals surface area contributed by atoms with E-state index in [1.807, 2.05) is 13.0 Å². The Balaban J connectivity index is 1.92. The lowest BCUT2D eigenvalue weighted by Gasteiger charge is -2.12. The Bertz CT molecular complexity index is 995. The number of para-hydroxylation sites is 1. The number of amides is 1. The first-order valence-corrected chi connectivity index (χ1v) is 8.06. The number of anilines is 1. The van der Waals surface area contributed by atoms with Crippen molar-refractivity contribution in [3.8, 4) is 16.9 Å². The van der Waals surface area contributed by atoms with Gasteiger partial charge in [-0.05, 0) is 42.3 Å². The van der Waals surface area contributed by atoms with Crippen molar-refractivity contribution in [2.45, 2.75) is 6.92 Å². The molecule has 0 heterocycles. The van der Waals surface area contributed by atoms with Crippen LogP contribution in [-0.4, -0.2) is 12.4 Å². The van der Waals surface area contributed by atoms with E-state index in [-0.39, 0.29) is 17.8 Å². The maximum absolute atomic E-state index is 14.5. The van der Waals surface area contributed by atoms with E-state index in [0.717, 1.165) is 17.7 Å². The number of rotatable bonds is 5. The van der Waals surface area contributed by atoms with E-state index < -0.39 is 23.2 Å². The highest BCUT2D eigenvalue weighted by Crippen LogP contribution is 2.29. The minimum Gasteiger partial charge on any atom is -0.428 e. The van der Waals surface area contributed by atoms with Crippen molar-refractivity contribution >= 4 is 18.1 Å². The van der Waals surface area contributed by atoms with Crippen LogP contribution in [0.4, 0.5) is 14.5 Å². The Labute approximate surface area is 154 Å². The van der Waals surface area contributed by atoms with Gasteiger partial charge in [-0.1, -0.05) is 42.0 Å². The van der Waals surface area contributed by atoms with Gasteiger partial charge in [0.05, 0.1) is 5.56 Å². The molecule has 0 saturated heterocycles. The molecule has 0 spiro atoms. The predicted molar refractivity (Wildman–Crippen MR) is 97.6 cm³/mol. The summed E-state index contributed by atoms with van der Waals surface area (Å²) in [6.07, 6.45) is 0. The van der Waals surface area contributed by atoms with Crippen molar-refractivity contribution in [1.82, 2.24) is 0 Å². The van der Waals surface area contributed by atoms with E-state index in [1.54, 1.807) is 30.3 Å². The Morgan fingerprint density at radius 2 is 1.67 bits per heavy atom. The van der Waals surface area contributed by atoms with Gasteiger partial charge in [0, 0.05) is 0 Å². The fourth-order valence-corrected chi connectivity index (χ4v) is 2.67. The van der Waals surface area contributed by atoms with Gasteiger partial charge < -0.3 is 10.1 Å². The lowest BCUT2D eigenvalue weighted by molar-refractivity contribution is -0.120. The standard InChI is InChI=1S/C21H15F2NO3/c1-13-5-4-6-14(9-13)15-10-17(22)20(18(23)11-15)24-21(26)16-7-2-3-8-19(16)27-12-25/h2-12H,1H3,(H,24,26). The smallest absolute Gasteiger partial charge is 0.298 e. The second kappa shape index (κ2) is 7.78. The van der Waals surface area contributed by atoms with Crippen LogP contribution in [0.1, 0.15) is 15.9 Å². The van der Waals surface area contributed by atoms with Gasteiger partial charge in [-0.15, -0.1) is 0 Å². The van der Waals surface area contributed by atoms with Gasteiger partial charge in [-0.2, -0.15) is 0 Å². The third-order valence-corrected chi connectivity index (χ3v) is 3.94. The lowest BCUT2D eigenvalue weighted by atomic mass is 10.0. The number of halogens is 2. The number of aryl methyl sites for hydroxylation is 1. The van der Waals surface area contributed by atoms with Crippen LogP contribution in [0.5, 0.6) is 5.75 Å². The van der Waals surface area contributed by atoms with Crippen LogP contribution < -0.4 is 10.1 Å². The third-order valence-electron chi connectivity index (χ3n) is 3.94. The fourth-order valence-electron chi connectivity index (χ4n) is 2.67. The Morgan fingerprint density at radius 1 is 0.963 bits per heavy atom. The molecule has 3 aromatic carbocycles. The van der Waals surface area contributed by atoms with Gasteiger partial charge in [0.15, 0.2) is 0 Å². The van der Waals surface area contributed by atoms with Crippen LogP contribution in [0.25, 0.3) is 11.1 Å². The van der Waals surface area contributed by atoms with Crippen LogP contribution >= 0.6 is 0 Å². The van der Waals surface area contributed by atoms with Crippen LogP contribution in [0.15, 0.2) is 60.7 Å². The molecule has 0 radical (unpaired) electrons. The largest absolute Gasteiger partial charge is 0.428 e. The molecule has 0 bridgehead atoms. The van der Waals surface area contributed by atoms with Crippen LogP contribution in [0.2, 0.25) is 0 Å². The Morgan fingerprint density at radius 3 is 2.33 bits per heavy atom. The van der Waals surface area contributed by atoms with E-state index in [2.05, 4.69) is 5.32 Å². The maximum atomic E-state index is 14.5. The molecule has 0 saturated carbocycles. The normalized spacial score (nSPS) is 10.3. The zero-order valence-electron chi connectivity index (χ0n) is 14.3. The van der Waals surface area contributed by atoms with E-state index >= 15 is 0 Å². The van der Waals surface area contributed by atoms with Gasteiger partial charge in [-0.25, -0.2) is 8.78 Å². The van der Waals surface area contributed by atoms with Gasteiger partial charge in [0.1, 0.15) is 23.1 Å². The highest BCUT2D eigenvalue weighted by Gasteiger charge is 2.18. The monoisotopic (exact) mass is 367 g/mol. The maximum Gasteiger partial charge on any atom is 0.298 e. The predicted octanol–water partition coefficient (Wildman–Crippen LogP) is 4.73. The summed E-state index contributed by atoms with van der Waals surface area (Å²) in [6.45, 7) is 2.05. The van der Waals surface area contributed by atoms with E-state index in [1.165, 1.54) is 12.1 Å². The molecule has 0 aliphatic heterocycles. The van der Waals surface area contributed by atoms with E-state index in [4.69, 9.17) is 4.74 Å². The van der Waals surface area contributed by atoms with Gasteiger partial charge in [0.25, 0.3) is 12.4 Å². The molecule has 27 heavy (non-hydrogen) atoms. The number of carbonyl (C=O) groups is 2. The molecule has 0 atom stereocenters. The summed E-state index contributed by atoms with van der Waals surface area (Å²) >= 11 is 0. The Hall–Kier alpha value is -3.54. The number of ether oxygens (including phenoxy) is 1. The molecular weight excluding hydrogens is 352 g/mol. The number of hydrogen-bond acceptors (Lipinski definition) is 3. The first-order chi connectivity index (χ1) is 13.0. The molecule has 3 aromatic rings. The molecule has 0 aliphatic rings. The SMILES string of the molecule is Cc1cccc(-c2cc(F)c(NC(=O)c3ccccc3OC=O)c(F)c2)c1. The molecular formula is C21H15F2NO3. The van der Waals surface area contributed by atoms with Crippen molar-refractivity contribution in [1.29, 1.82) is 0 Å². The lowest BCUT2D eigenvalue weighted by Crippen LogP contribution is -2.15. The molecule has 3 rings (SSSR count). The van der Waals surface area contributed by atoms with Gasteiger partial charge in [-0.3, -0.25) is 9.59 Å². The summed E-state index contributed by atoms with van der Waals surface area (Å²) < 4.78 is 33.7. The van der Waals surface area contributed by atoms with Crippen LogP contribution in [0.3, 0.4) is 0 Å². The van der Waals surface area contributed by atoms with Crippen molar-refractivity contribution < 1.29 is 23.1 Å². The fraction of sp³-hybridized carbons (Fsp3) is 0.0476. The topological polar surface area (TPSA) is 55.4 Å².